The molecule has 42 heavy (non-hydrogen) atoms. The minimum absolute atomic E-state index is 0.0361. The lowest BCUT2D eigenvalue weighted by Crippen LogP contribution is -2.61. The van der Waals surface area contributed by atoms with E-state index in [0.717, 1.165) is 18.4 Å². The van der Waals surface area contributed by atoms with Gasteiger partial charge in [-0.05, 0) is 57.4 Å². The molecule has 0 bridgehead atoms. The zero-order valence-corrected chi connectivity index (χ0v) is 23.7. The number of nitrogens with zero attached hydrogens (tertiary/aromatic N) is 1. The molecule has 13 nitrogen and oxygen atoms in total. The summed E-state index contributed by atoms with van der Waals surface area (Å²) in [5.41, 5.74) is 1.03. The van der Waals surface area contributed by atoms with Crippen molar-refractivity contribution in [2.75, 3.05) is 6.61 Å². The summed E-state index contributed by atoms with van der Waals surface area (Å²) < 4.78 is 15.7. The molecule has 4 rings (SSSR count). The Morgan fingerprint density at radius 2 is 1.79 bits per heavy atom. The number of hydrogen-bond acceptors (Lipinski definition) is 11. The number of esters is 2. The van der Waals surface area contributed by atoms with Gasteiger partial charge >= 0.3 is 17.9 Å². The van der Waals surface area contributed by atoms with Crippen molar-refractivity contribution < 1.29 is 53.8 Å². The van der Waals surface area contributed by atoms with Gasteiger partial charge in [0.05, 0.1) is 12.6 Å². The Kier molecular flexibility index (Phi) is 10.5. The normalized spacial score (nSPS) is 32.1. The van der Waals surface area contributed by atoms with Gasteiger partial charge < -0.3 is 39.5 Å². The number of aryl methyl sites for hydroxylation is 1. The standard InChI is InChI=1S/C29H40N2O11/c1-3-40-27(38)18(13-12-16-8-5-4-6-9-16)30-15(2)25(35)31-19-11-7-10-17(19)14-20(31)28(39)42-29-23(34)21(32)22(33)24(41-29)26(36)37/h4-6,8-9,15,17-24,29-30,32-34H,3,7,10-14H2,1-2H3,(H,36,37)/t15-,17-,18-,19-,20-,21-,22-,23-,24+,29-/m0/s1. The molecule has 13 heteroatoms. The van der Waals surface area contributed by atoms with E-state index >= 15 is 0 Å². The lowest BCUT2D eigenvalue weighted by molar-refractivity contribution is -0.287. The van der Waals surface area contributed by atoms with Crippen LogP contribution in [0.1, 0.15) is 51.5 Å². The Hall–Kier alpha value is -3.10. The molecule has 0 unspecified atom stereocenters. The molecule has 0 radical (unpaired) electrons. The first-order chi connectivity index (χ1) is 20.0. The summed E-state index contributed by atoms with van der Waals surface area (Å²) in [7, 11) is 0. The number of hydrogen-bond donors (Lipinski definition) is 5. The zero-order valence-electron chi connectivity index (χ0n) is 23.7. The monoisotopic (exact) mass is 592 g/mol. The largest absolute Gasteiger partial charge is 0.479 e. The molecule has 2 aliphatic heterocycles. The number of rotatable bonds is 11. The Bertz CT molecular complexity index is 1120. The molecule has 0 spiro atoms. The lowest BCUT2D eigenvalue weighted by Gasteiger charge is -2.39. The number of likely N-dealkylation sites (tertiary alicyclic amines) is 1. The van der Waals surface area contributed by atoms with Gasteiger partial charge in [-0.25, -0.2) is 9.59 Å². The quantitative estimate of drug-likeness (QED) is 0.212. The summed E-state index contributed by atoms with van der Waals surface area (Å²) in [6, 6.07) is 6.67. The second-order valence-electron chi connectivity index (χ2n) is 11.1. The molecule has 0 aromatic heterocycles. The molecule has 2 heterocycles. The molecule has 5 N–H and O–H groups in total. The van der Waals surface area contributed by atoms with Crippen LogP contribution in [0, 0.1) is 5.92 Å². The van der Waals surface area contributed by atoms with Crippen LogP contribution in [0.2, 0.25) is 0 Å². The van der Waals surface area contributed by atoms with Gasteiger partial charge in [-0.1, -0.05) is 36.8 Å². The van der Waals surface area contributed by atoms with Crippen molar-refractivity contribution in [3.8, 4) is 0 Å². The number of carboxylic acids is 1. The second kappa shape index (κ2) is 13.9. The molecule has 2 saturated heterocycles. The fourth-order valence-corrected chi connectivity index (χ4v) is 6.22. The number of carbonyl (C=O) groups is 4. The smallest absolute Gasteiger partial charge is 0.335 e. The van der Waals surface area contributed by atoms with E-state index in [4.69, 9.17) is 14.2 Å². The molecule has 10 atom stereocenters. The first-order valence-corrected chi connectivity index (χ1v) is 14.4. The Balaban J connectivity index is 1.47. The Labute approximate surface area is 243 Å². The highest BCUT2D eigenvalue weighted by Crippen LogP contribution is 2.42. The first-order valence-electron chi connectivity index (χ1n) is 14.4. The van der Waals surface area contributed by atoms with Crippen LogP contribution in [0.25, 0.3) is 0 Å². The number of ether oxygens (including phenoxy) is 3. The molecule has 3 fully saturated rings. The summed E-state index contributed by atoms with van der Waals surface area (Å²) in [5.74, 6) is -3.39. The van der Waals surface area contributed by atoms with Crippen LogP contribution >= 0.6 is 0 Å². The van der Waals surface area contributed by atoms with Gasteiger partial charge in [-0.3, -0.25) is 14.9 Å². The van der Waals surface area contributed by atoms with Gasteiger partial charge in [0, 0.05) is 6.04 Å². The molecule has 1 aromatic carbocycles. The van der Waals surface area contributed by atoms with E-state index < -0.39 is 72.6 Å². The van der Waals surface area contributed by atoms with Crippen molar-refractivity contribution in [3.05, 3.63) is 35.9 Å². The third-order valence-electron chi connectivity index (χ3n) is 8.37. The second-order valence-corrected chi connectivity index (χ2v) is 11.1. The van der Waals surface area contributed by atoms with Crippen molar-refractivity contribution in [1.82, 2.24) is 10.2 Å². The molecule has 1 amide bonds. The summed E-state index contributed by atoms with van der Waals surface area (Å²) >= 11 is 0. The summed E-state index contributed by atoms with van der Waals surface area (Å²) in [6.45, 7) is 3.50. The molecular weight excluding hydrogens is 552 g/mol. The van der Waals surface area contributed by atoms with Gasteiger partial charge in [0.1, 0.15) is 30.4 Å². The van der Waals surface area contributed by atoms with E-state index in [9.17, 15) is 39.6 Å². The molecule has 232 valence electrons. The number of amides is 1. The number of benzene rings is 1. The van der Waals surface area contributed by atoms with Gasteiger partial charge in [0.25, 0.3) is 0 Å². The first kappa shape index (κ1) is 31.8. The molecule has 3 aliphatic rings. The van der Waals surface area contributed by atoms with E-state index in [1.165, 1.54) is 4.90 Å². The van der Waals surface area contributed by atoms with E-state index in [0.29, 0.717) is 25.7 Å². The maximum atomic E-state index is 13.9. The van der Waals surface area contributed by atoms with Gasteiger partial charge in [-0.15, -0.1) is 0 Å². The number of fused-ring (bicyclic) bond motifs is 1. The highest BCUT2D eigenvalue weighted by Gasteiger charge is 2.53. The van der Waals surface area contributed by atoms with Crippen LogP contribution in [-0.4, -0.2) is 111 Å². The van der Waals surface area contributed by atoms with Gasteiger partial charge in [0.15, 0.2) is 6.10 Å². The number of aliphatic hydroxyl groups is 3. The average Bonchev–Trinajstić information content (AvgIpc) is 3.57. The van der Waals surface area contributed by atoms with E-state index in [1.807, 2.05) is 30.3 Å². The van der Waals surface area contributed by atoms with E-state index in [2.05, 4.69) is 5.32 Å². The Morgan fingerprint density at radius 1 is 1.07 bits per heavy atom. The fraction of sp³-hybridized carbons (Fsp3) is 0.655. The van der Waals surface area contributed by atoms with Crippen molar-refractivity contribution in [2.45, 2.75) is 107 Å². The summed E-state index contributed by atoms with van der Waals surface area (Å²) in [4.78, 5) is 52.9. The molecule has 1 aliphatic carbocycles. The van der Waals surface area contributed by atoms with Crippen LogP contribution in [0.3, 0.4) is 0 Å². The van der Waals surface area contributed by atoms with Gasteiger partial charge in [0.2, 0.25) is 12.2 Å². The maximum Gasteiger partial charge on any atom is 0.335 e. The highest BCUT2D eigenvalue weighted by atomic mass is 16.7. The summed E-state index contributed by atoms with van der Waals surface area (Å²) in [6.07, 6.45) is -5.95. The number of aliphatic hydroxyl groups excluding tert-OH is 3. The fourth-order valence-electron chi connectivity index (χ4n) is 6.22. The van der Waals surface area contributed by atoms with Crippen LogP contribution in [0.4, 0.5) is 0 Å². The third-order valence-corrected chi connectivity index (χ3v) is 8.37. The van der Waals surface area contributed by atoms with Crippen molar-refractivity contribution in [3.63, 3.8) is 0 Å². The zero-order chi connectivity index (χ0) is 30.6. The minimum atomic E-state index is -1.93. The predicted molar refractivity (Wildman–Crippen MR) is 145 cm³/mol. The van der Waals surface area contributed by atoms with Crippen molar-refractivity contribution in [1.29, 1.82) is 0 Å². The maximum absolute atomic E-state index is 13.9. The third kappa shape index (κ3) is 6.92. The SMILES string of the molecule is CCOC(=O)[C@H](CCc1ccccc1)N[C@@H](C)C(=O)N1[C@H](C(=O)O[C@@H]2O[C@@H](C(=O)O)[C@@H](O)[C@H](O)[C@@H]2O)C[C@@H]2CCC[C@@H]21. The van der Waals surface area contributed by atoms with E-state index in [-0.39, 0.29) is 18.6 Å². The minimum Gasteiger partial charge on any atom is -0.479 e. The lowest BCUT2D eigenvalue weighted by atomic mass is 9.99. The molecular formula is C29H40N2O11. The number of aliphatic carboxylic acids is 1. The number of carboxylic acid groups (broad SMARTS) is 1. The average molecular weight is 593 g/mol. The van der Waals surface area contributed by atoms with Gasteiger partial charge in [-0.2, -0.15) is 0 Å². The van der Waals surface area contributed by atoms with E-state index in [1.54, 1.807) is 13.8 Å². The molecule has 1 aromatic rings. The number of nitrogens with one attached hydrogen (secondary N) is 1. The summed E-state index contributed by atoms with van der Waals surface area (Å²) in [5, 5.41) is 42.7. The van der Waals surface area contributed by atoms with Crippen molar-refractivity contribution >= 4 is 23.8 Å². The highest BCUT2D eigenvalue weighted by molar-refractivity contribution is 5.89. The van der Waals surface area contributed by atoms with Crippen LogP contribution in [0.5, 0.6) is 0 Å². The topological polar surface area (TPSA) is 192 Å². The van der Waals surface area contributed by atoms with Crippen LogP contribution in [-0.2, 0) is 39.8 Å². The van der Waals surface area contributed by atoms with Crippen molar-refractivity contribution in [2.24, 2.45) is 5.92 Å². The molecule has 1 saturated carbocycles. The Morgan fingerprint density at radius 3 is 2.45 bits per heavy atom. The predicted octanol–water partition coefficient (Wildman–Crippen LogP) is -0.266. The van der Waals surface area contributed by atoms with Crippen LogP contribution in [0.15, 0.2) is 30.3 Å². The number of carbonyl (C=O) groups excluding carboxylic acids is 3. The van der Waals surface area contributed by atoms with Crippen LogP contribution < -0.4 is 5.32 Å².